The van der Waals surface area contributed by atoms with Crippen LogP contribution >= 0.6 is 0 Å². The number of carbonyl (C=O) groups excluding carboxylic acids is 6. The molecule has 0 fully saturated rings. The summed E-state index contributed by atoms with van der Waals surface area (Å²) in [6.45, 7) is 7.55. The standard InChI is InChI=1S/C40H34O12/c1-21(41)47-30-11-7-27(8-12-30)15-35-36-19-34(51-25(5)45)20-37(52-26(6)46)40(36)39(38(35)28-9-13-31(14-10-28)48-22(2)42)29-16-32(49-23(3)43)18-33(17-29)50-24(4)44/h7-14,16-20,39H,15H2,1-6H3/t39-/m1/s1. The van der Waals surface area contributed by atoms with E-state index >= 15 is 0 Å². The van der Waals surface area contributed by atoms with Gasteiger partial charge < -0.3 is 28.4 Å². The van der Waals surface area contributed by atoms with Crippen LogP contribution in [-0.4, -0.2) is 35.8 Å². The van der Waals surface area contributed by atoms with Crippen LogP contribution in [-0.2, 0) is 35.2 Å². The highest BCUT2D eigenvalue weighted by Gasteiger charge is 2.38. The van der Waals surface area contributed by atoms with Crippen molar-refractivity contribution in [2.24, 2.45) is 0 Å². The summed E-state index contributed by atoms with van der Waals surface area (Å²) >= 11 is 0. The Balaban J connectivity index is 1.85. The van der Waals surface area contributed by atoms with Crippen LogP contribution in [0.4, 0.5) is 0 Å². The predicted octanol–water partition coefficient (Wildman–Crippen LogP) is 6.54. The molecule has 1 atom stereocenters. The van der Waals surface area contributed by atoms with Gasteiger partial charge in [-0.1, -0.05) is 24.3 Å². The maximum Gasteiger partial charge on any atom is 0.308 e. The largest absolute Gasteiger partial charge is 0.427 e. The van der Waals surface area contributed by atoms with Crippen LogP contribution in [0, 0.1) is 0 Å². The molecule has 4 aromatic carbocycles. The Morgan fingerprint density at radius 2 is 0.904 bits per heavy atom. The maximum absolute atomic E-state index is 12.6. The van der Waals surface area contributed by atoms with E-state index in [-0.39, 0.29) is 29.4 Å². The monoisotopic (exact) mass is 706 g/mol. The van der Waals surface area contributed by atoms with Gasteiger partial charge >= 0.3 is 35.8 Å². The average Bonchev–Trinajstić information content (AvgIpc) is 3.34. The lowest BCUT2D eigenvalue weighted by atomic mass is 9.84. The third-order valence-electron chi connectivity index (χ3n) is 7.61. The Kier molecular flexibility index (Phi) is 11.0. The fourth-order valence-corrected chi connectivity index (χ4v) is 6.07. The normalized spacial score (nSPS) is 13.1. The second-order valence-electron chi connectivity index (χ2n) is 11.9. The van der Waals surface area contributed by atoms with Crippen molar-refractivity contribution in [1.82, 2.24) is 0 Å². The molecule has 0 heterocycles. The first-order chi connectivity index (χ1) is 24.7. The molecule has 0 N–H and O–H groups in total. The minimum Gasteiger partial charge on any atom is -0.427 e. The second kappa shape index (κ2) is 15.5. The summed E-state index contributed by atoms with van der Waals surface area (Å²) in [5, 5.41) is 0. The van der Waals surface area contributed by atoms with E-state index in [1.165, 1.54) is 53.7 Å². The molecule has 266 valence electrons. The quantitative estimate of drug-likeness (QED) is 0.130. The molecule has 1 aliphatic carbocycles. The molecule has 0 radical (unpaired) electrons. The van der Waals surface area contributed by atoms with E-state index in [4.69, 9.17) is 28.4 Å². The molecule has 0 spiro atoms. The van der Waals surface area contributed by atoms with Crippen molar-refractivity contribution in [2.75, 3.05) is 0 Å². The number of fused-ring (bicyclic) bond motifs is 1. The van der Waals surface area contributed by atoms with E-state index in [0.717, 1.165) is 11.1 Å². The summed E-state index contributed by atoms with van der Waals surface area (Å²) < 4.78 is 32.7. The number of esters is 6. The van der Waals surface area contributed by atoms with Crippen LogP contribution < -0.4 is 28.4 Å². The number of benzene rings is 4. The first-order valence-corrected chi connectivity index (χ1v) is 16.0. The lowest BCUT2D eigenvalue weighted by Crippen LogP contribution is -2.11. The minimum absolute atomic E-state index is 0.0902. The number of carbonyl (C=O) groups is 6. The zero-order valence-corrected chi connectivity index (χ0v) is 29.2. The van der Waals surface area contributed by atoms with Gasteiger partial charge in [-0.2, -0.15) is 0 Å². The summed E-state index contributed by atoms with van der Waals surface area (Å²) in [5.74, 6) is -3.16. The molecule has 1 aliphatic rings. The van der Waals surface area contributed by atoms with E-state index in [0.29, 0.717) is 39.3 Å². The van der Waals surface area contributed by atoms with Gasteiger partial charge in [0.05, 0.1) is 0 Å². The van der Waals surface area contributed by atoms with Crippen LogP contribution in [0.15, 0.2) is 78.9 Å². The summed E-state index contributed by atoms with van der Waals surface area (Å²) in [4.78, 5) is 72.2. The van der Waals surface area contributed by atoms with Crippen LogP contribution in [0.1, 0.15) is 75.3 Å². The van der Waals surface area contributed by atoms with Gasteiger partial charge in [0.2, 0.25) is 0 Å². The number of ether oxygens (including phenoxy) is 6. The molecule has 4 aromatic rings. The molecule has 12 heteroatoms. The van der Waals surface area contributed by atoms with Gasteiger partial charge in [-0.3, -0.25) is 28.8 Å². The summed E-state index contributed by atoms with van der Waals surface area (Å²) in [6.07, 6.45) is 0.272. The summed E-state index contributed by atoms with van der Waals surface area (Å²) in [5.41, 5.74) is 4.43. The zero-order chi connectivity index (χ0) is 37.7. The predicted molar refractivity (Wildman–Crippen MR) is 186 cm³/mol. The molecule has 0 aliphatic heterocycles. The number of hydrogen-bond donors (Lipinski definition) is 0. The lowest BCUT2D eigenvalue weighted by molar-refractivity contribution is -0.133. The van der Waals surface area contributed by atoms with E-state index in [2.05, 4.69) is 0 Å². The fourth-order valence-electron chi connectivity index (χ4n) is 6.07. The molecular weight excluding hydrogens is 672 g/mol. The van der Waals surface area contributed by atoms with E-state index in [1.54, 1.807) is 66.7 Å². The van der Waals surface area contributed by atoms with Crippen LogP contribution in [0.2, 0.25) is 0 Å². The van der Waals surface area contributed by atoms with Crippen molar-refractivity contribution in [2.45, 2.75) is 53.9 Å². The van der Waals surface area contributed by atoms with E-state index in [9.17, 15) is 28.8 Å². The Labute approximate surface area is 298 Å². The molecule has 0 bridgehead atoms. The molecule has 12 nitrogen and oxygen atoms in total. The van der Waals surface area contributed by atoms with Crippen LogP contribution in [0.3, 0.4) is 0 Å². The van der Waals surface area contributed by atoms with Gasteiger partial charge in [-0.05, 0) is 82.3 Å². The average molecular weight is 707 g/mol. The van der Waals surface area contributed by atoms with E-state index in [1.807, 2.05) is 0 Å². The first-order valence-electron chi connectivity index (χ1n) is 16.0. The van der Waals surface area contributed by atoms with Crippen molar-refractivity contribution in [3.8, 4) is 34.5 Å². The van der Waals surface area contributed by atoms with Crippen molar-refractivity contribution in [3.05, 3.63) is 107 Å². The minimum atomic E-state index is -0.768. The van der Waals surface area contributed by atoms with Crippen molar-refractivity contribution in [1.29, 1.82) is 0 Å². The molecule has 0 saturated carbocycles. The topological polar surface area (TPSA) is 158 Å². The molecule has 0 aromatic heterocycles. The van der Waals surface area contributed by atoms with Crippen LogP contribution in [0.5, 0.6) is 34.5 Å². The third-order valence-corrected chi connectivity index (χ3v) is 7.61. The van der Waals surface area contributed by atoms with Gasteiger partial charge in [0.25, 0.3) is 0 Å². The first kappa shape index (κ1) is 36.7. The number of rotatable bonds is 10. The van der Waals surface area contributed by atoms with Crippen molar-refractivity contribution >= 4 is 47.0 Å². The summed E-state index contributed by atoms with van der Waals surface area (Å²) in [6, 6.07) is 21.4. The maximum atomic E-state index is 12.6. The summed E-state index contributed by atoms with van der Waals surface area (Å²) in [7, 11) is 0. The molecule has 0 amide bonds. The smallest absolute Gasteiger partial charge is 0.308 e. The van der Waals surface area contributed by atoms with Crippen molar-refractivity contribution < 1.29 is 57.2 Å². The number of hydrogen-bond acceptors (Lipinski definition) is 12. The highest BCUT2D eigenvalue weighted by atomic mass is 16.6. The Morgan fingerprint density at radius 3 is 1.37 bits per heavy atom. The third kappa shape index (κ3) is 8.96. The van der Waals surface area contributed by atoms with E-state index < -0.39 is 41.7 Å². The number of allylic oxidation sites excluding steroid dienone is 2. The SMILES string of the molecule is CC(=O)Oc1ccc(CC2=C(c3ccc(OC(C)=O)cc3)[C@@H](c3cc(OC(C)=O)cc(OC(C)=O)c3)c3c(OC(C)=O)cc(OC(C)=O)cc32)cc1. The molecule has 0 unspecified atom stereocenters. The Bertz CT molecular complexity index is 2090. The highest BCUT2D eigenvalue weighted by molar-refractivity contribution is 6.03. The van der Waals surface area contributed by atoms with Crippen LogP contribution in [0.25, 0.3) is 11.1 Å². The molecule has 0 saturated heterocycles. The van der Waals surface area contributed by atoms with Crippen molar-refractivity contribution in [3.63, 3.8) is 0 Å². The van der Waals surface area contributed by atoms with Gasteiger partial charge in [0.1, 0.15) is 34.5 Å². The molecule has 5 rings (SSSR count). The Morgan fingerprint density at radius 1 is 0.481 bits per heavy atom. The zero-order valence-electron chi connectivity index (χ0n) is 29.2. The Hall–Kier alpha value is -6.56. The second-order valence-corrected chi connectivity index (χ2v) is 11.9. The molecule has 52 heavy (non-hydrogen) atoms. The highest BCUT2D eigenvalue weighted by Crippen LogP contribution is 2.56. The van der Waals surface area contributed by atoms with Gasteiger partial charge in [0.15, 0.2) is 0 Å². The molecular formula is C40H34O12. The fraction of sp³-hybridized carbons (Fsp3) is 0.200. The van der Waals surface area contributed by atoms with Gasteiger partial charge in [-0.15, -0.1) is 0 Å². The van der Waals surface area contributed by atoms with Gasteiger partial charge in [0, 0.05) is 65.2 Å². The van der Waals surface area contributed by atoms with Gasteiger partial charge in [-0.25, -0.2) is 0 Å². The lowest BCUT2D eigenvalue weighted by Gasteiger charge is -2.22.